The average Bonchev–Trinajstić information content (AvgIpc) is 3.64. The Bertz CT molecular complexity index is 1070. The molecule has 2 aliphatic rings. The highest BCUT2D eigenvalue weighted by atomic mass is 32.1. The maximum Gasteiger partial charge on any atom is 0.0386 e. The van der Waals surface area contributed by atoms with Gasteiger partial charge in [0.25, 0.3) is 0 Å². The summed E-state index contributed by atoms with van der Waals surface area (Å²) in [6.45, 7) is 9.71. The minimum atomic E-state index is 0.167. The van der Waals surface area contributed by atoms with Gasteiger partial charge in [-0.05, 0) is 81.2 Å². The van der Waals surface area contributed by atoms with E-state index in [9.17, 15) is 0 Å². The summed E-state index contributed by atoms with van der Waals surface area (Å²) in [5.74, 6) is 0. The molecule has 2 aromatic heterocycles. The molecule has 0 nitrogen and oxygen atoms in total. The first-order valence-corrected chi connectivity index (χ1v) is 16.7. The monoisotopic (exact) mass is 518 g/mol. The van der Waals surface area contributed by atoms with Gasteiger partial charge in [0.05, 0.1) is 0 Å². The number of unbranched alkanes of at least 4 members (excludes halogenated alkanes) is 10. The molecule has 2 unspecified atom stereocenters. The maximum absolute atomic E-state index is 2.65. The summed E-state index contributed by atoms with van der Waals surface area (Å²) in [6.07, 6.45) is 19.0. The molecular formula is C34H46S2. The minimum Gasteiger partial charge on any atom is -0.143 e. The van der Waals surface area contributed by atoms with Crippen LogP contribution < -0.4 is 0 Å². The molecule has 2 heterocycles. The summed E-state index contributed by atoms with van der Waals surface area (Å²) in [4.78, 5) is 3.11. The lowest BCUT2D eigenvalue weighted by Crippen LogP contribution is -2.22. The molecule has 2 aliphatic carbocycles. The highest BCUT2D eigenvalue weighted by Crippen LogP contribution is 2.60. The third kappa shape index (κ3) is 4.55. The Kier molecular flexibility index (Phi) is 8.13. The second-order valence-corrected chi connectivity index (χ2v) is 13.8. The van der Waals surface area contributed by atoms with Crippen LogP contribution in [0.5, 0.6) is 0 Å². The van der Waals surface area contributed by atoms with Gasteiger partial charge < -0.3 is 0 Å². The zero-order valence-electron chi connectivity index (χ0n) is 23.2. The van der Waals surface area contributed by atoms with Crippen LogP contribution >= 0.6 is 22.7 Å². The van der Waals surface area contributed by atoms with Gasteiger partial charge in [0, 0.05) is 20.6 Å². The fourth-order valence-corrected chi connectivity index (χ4v) is 9.25. The number of benzene rings is 1. The first-order valence-electron chi connectivity index (χ1n) is 14.9. The molecule has 2 atom stereocenters. The normalized spacial score (nSPS) is 21.4. The van der Waals surface area contributed by atoms with Gasteiger partial charge in [0.15, 0.2) is 0 Å². The van der Waals surface area contributed by atoms with Crippen LogP contribution in [0.1, 0.15) is 140 Å². The summed E-state index contributed by atoms with van der Waals surface area (Å²) in [5.41, 5.74) is 9.86. The zero-order valence-corrected chi connectivity index (χ0v) is 24.8. The van der Waals surface area contributed by atoms with E-state index in [1.807, 2.05) is 22.7 Å². The van der Waals surface area contributed by atoms with Crippen LogP contribution in [-0.2, 0) is 10.8 Å². The fraction of sp³-hybridized carbons (Fsp3) is 0.588. The second-order valence-electron chi connectivity index (χ2n) is 12.0. The van der Waals surface area contributed by atoms with E-state index in [0.717, 1.165) is 0 Å². The summed E-state index contributed by atoms with van der Waals surface area (Å²) < 4.78 is 0. The highest BCUT2D eigenvalue weighted by Gasteiger charge is 2.45. The van der Waals surface area contributed by atoms with Crippen molar-refractivity contribution in [3.8, 4) is 20.9 Å². The van der Waals surface area contributed by atoms with Gasteiger partial charge in [-0.3, -0.25) is 0 Å². The van der Waals surface area contributed by atoms with Gasteiger partial charge in [0.2, 0.25) is 0 Å². The molecule has 0 fully saturated rings. The van der Waals surface area contributed by atoms with Crippen molar-refractivity contribution in [1.29, 1.82) is 0 Å². The summed E-state index contributed by atoms with van der Waals surface area (Å²) in [6, 6.07) is 10.2. The van der Waals surface area contributed by atoms with E-state index < -0.39 is 0 Å². The van der Waals surface area contributed by atoms with Crippen molar-refractivity contribution in [2.24, 2.45) is 0 Å². The van der Waals surface area contributed by atoms with Crippen molar-refractivity contribution in [3.05, 3.63) is 57.3 Å². The molecule has 2 heteroatoms. The third-order valence-electron chi connectivity index (χ3n) is 9.42. The quantitative estimate of drug-likeness (QED) is 0.186. The summed E-state index contributed by atoms with van der Waals surface area (Å²) in [7, 11) is 0. The van der Waals surface area contributed by atoms with Crippen LogP contribution in [0, 0.1) is 0 Å². The van der Waals surface area contributed by atoms with E-state index in [2.05, 4.69) is 62.7 Å². The molecule has 5 rings (SSSR count). The molecule has 0 radical (unpaired) electrons. The largest absolute Gasteiger partial charge is 0.143 e. The minimum absolute atomic E-state index is 0.167. The lowest BCUT2D eigenvalue weighted by atomic mass is 9.73. The van der Waals surface area contributed by atoms with E-state index in [0.29, 0.717) is 0 Å². The SMILES string of the molecule is CCCCCCCCC1(C)c2cc3c(cc2-c2sccc21)C(C)(CCCCCCCC)c1ccsc1-3. The Morgan fingerprint density at radius 1 is 0.528 bits per heavy atom. The first-order chi connectivity index (χ1) is 17.5. The molecule has 0 saturated carbocycles. The average molecular weight is 519 g/mol. The van der Waals surface area contributed by atoms with Crippen molar-refractivity contribution >= 4 is 22.7 Å². The molecule has 1 aromatic carbocycles. The van der Waals surface area contributed by atoms with E-state index in [1.54, 1.807) is 43.1 Å². The van der Waals surface area contributed by atoms with Gasteiger partial charge in [-0.15, -0.1) is 22.7 Å². The van der Waals surface area contributed by atoms with Crippen LogP contribution in [0.2, 0.25) is 0 Å². The van der Waals surface area contributed by atoms with Crippen LogP contribution in [0.3, 0.4) is 0 Å². The Morgan fingerprint density at radius 3 is 1.33 bits per heavy atom. The molecule has 36 heavy (non-hydrogen) atoms. The molecule has 0 amide bonds. The van der Waals surface area contributed by atoms with Crippen molar-refractivity contribution in [2.75, 3.05) is 0 Å². The second kappa shape index (κ2) is 11.2. The Hall–Kier alpha value is -1.38. The number of fused-ring (bicyclic) bond motifs is 6. The van der Waals surface area contributed by atoms with E-state index >= 15 is 0 Å². The van der Waals surface area contributed by atoms with Gasteiger partial charge in [-0.2, -0.15) is 0 Å². The number of rotatable bonds is 14. The number of thiophene rings is 2. The van der Waals surface area contributed by atoms with Crippen LogP contribution in [0.25, 0.3) is 20.9 Å². The van der Waals surface area contributed by atoms with E-state index in [1.165, 1.54) is 89.9 Å². The molecule has 0 saturated heterocycles. The topological polar surface area (TPSA) is 0 Å². The van der Waals surface area contributed by atoms with Crippen LogP contribution in [0.15, 0.2) is 35.0 Å². The van der Waals surface area contributed by atoms with Gasteiger partial charge in [-0.1, -0.05) is 105 Å². The molecule has 3 aromatic rings. The van der Waals surface area contributed by atoms with Gasteiger partial charge in [-0.25, -0.2) is 0 Å². The van der Waals surface area contributed by atoms with Gasteiger partial charge >= 0.3 is 0 Å². The maximum atomic E-state index is 2.65. The molecule has 0 aliphatic heterocycles. The van der Waals surface area contributed by atoms with Gasteiger partial charge in [0.1, 0.15) is 0 Å². The van der Waals surface area contributed by atoms with Crippen LogP contribution in [0.4, 0.5) is 0 Å². The molecule has 0 spiro atoms. The summed E-state index contributed by atoms with van der Waals surface area (Å²) in [5, 5.41) is 4.68. The third-order valence-corrected chi connectivity index (χ3v) is 11.3. The van der Waals surface area contributed by atoms with Crippen molar-refractivity contribution in [3.63, 3.8) is 0 Å². The Balaban J connectivity index is 1.42. The lowest BCUT2D eigenvalue weighted by molar-refractivity contribution is 0.477. The van der Waals surface area contributed by atoms with Crippen LogP contribution in [-0.4, -0.2) is 0 Å². The van der Waals surface area contributed by atoms with Crippen molar-refractivity contribution in [1.82, 2.24) is 0 Å². The molecule has 0 bridgehead atoms. The fourth-order valence-electron chi connectivity index (χ4n) is 7.14. The number of hydrogen-bond acceptors (Lipinski definition) is 2. The predicted molar refractivity (Wildman–Crippen MR) is 162 cm³/mol. The number of hydrogen-bond donors (Lipinski definition) is 0. The molecular weight excluding hydrogens is 473 g/mol. The van der Waals surface area contributed by atoms with Crippen molar-refractivity contribution in [2.45, 2.75) is 128 Å². The summed E-state index contributed by atoms with van der Waals surface area (Å²) >= 11 is 3.94. The molecule has 0 N–H and O–H groups in total. The highest BCUT2D eigenvalue weighted by molar-refractivity contribution is 7.14. The standard InChI is InChI=1S/C34H46S2/c1-5-7-9-11-13-15-19-33(3)27-17-21-35-31(27)25-24-30-26(23-29(25)33)32-28(18-22-36-32)34(30,4)20-16-14-12-10-8-6-2/h17-18,21-24H,5-16,19-20H2,1-4H3. The smallest absolute Gasteiger partial charge is 0.0386 e. The Morgan fingerprint density at radius 2 is 0.917 bits per heavy atom. The van der Waals surface area contributed by atoms with E-state index in [-0.39, 0.29) is 10.8 Å². The van der Waals surface area contributed by atoms with Crippen molar-refractivity contribution < 1.29 is 0 Å². The first kappa shape index (κ1) is 26.2. The predicted octanol–water partition coefficient (Wildman–Crippen LogP) is 11.9. The Labute approximate surface area is 228 Å². The zero-order chi connectivity index (χ0) is 25.2. The molecule has 194 valence electrons. The lowest BCUT2D eigenvalue weighted by Gasteiger charge is -2.29. The van der Waals surface area contributed by atoms with E-state index in [4.69, 9.17) is 0 Å².